The third kappa shape index (κ3) is 3.65. The molecule has 1 fully saturated rings. The Bertz CT molecular complexity index is 685. The second-order valence-corrected chi connectivity index (χ2v) is 5.49. The molecule has 0 bridgehead atoms. The molecular formula is C16H21N5O3. The monoisotopic (exact) mass is 331 g/mol. The van der Waals surface area contributed by atoms with Crippen molar-refractivity contribution in [2.75, 3.05) is 25.6 Å². The molecule has 0 aromatic carbocycles. The van der Waals surface area contributed by atoms with Crippen molar-refractivity contribution in [3.63, 3.8) is 0 Å². The fourth-order valence-electron chi connectivity index (χ4n) is 2.47. The number of carbonyl (C=O) groups is 1. The first kappa shape index (κ1) is 16.3. The van der Waals surface area contributed by atoms with E-state index in [1.165, 1.54) is 6.20 Å². The van der Waals surface area contributed by atoms with Crippen LogP contribution in [0.3, 0.4) is 0 Å². The van der Waals surface area contributed by atoms with Crippen molar-refractivity contribution in [1.82, 2.24) is 20.1 Å². The van der Waals surface area contributed by atoms with Crippen LogP contribution in [0.25, 0.3) is 0 Å². The largest absolute Gasteiger partial charge is 0.482 e. The summed E-state index contributed by atoms with van der Waals surface area (Å²) in [6.07, 6.45) is 4.80. The molecule has 3 rings (SSSR count). The average Bonchev–Trinajstić information content (AvgIpc) is 3.25. The molecule has 1 amide bonds. The van der Waals surface area contributed by atoms with Gasteiger partial charge in [-0.25, -0.2) is 4.98 Å². The first-order valence-electron chi connectivity index (χ1n) is 7.91. The van der Waals surface area contributed by atoms with Gasteiger partial charge in [0.25, 0.3) is 5.91 Å². The summed E-state index contributed by atoms with van der Waals surface area (Å²) < 4.78 is 13.1. The summed E-state index contributed by atoms with van der Waals surface area (Å²) in [7, 11) is 1.78. The van der Waals surface area contributed by atoms with Crippen LogP contribution in [-0.2, 0) is 11.3 Å². The zero-order valence-electron chi connectivity index (χ0n) is 13.7. The lowest BCUT2D eigenvalue weighted by Crippen LogP contribution is -2.45. The lowest BCUT2D eigenvalue weighted by Gasteiger charge is -2.19. The van der Waals surface area contributed by atoms with Gasteiger partial charge in [-0.05, 0) is 19.1 Å². The van der Waals surface area contributed by atoms with Gasteiger partial charge >= 0.3 is 0 Å². The summed E-state index contributed by atoms with van der Waals surface area (Å²) >= 11 is 0. The molecule has 1 aliphatic heterocycles. The van der Waals surface area contributed by atoms with Crippen molar-refractivity contribution < 1.29 is 14.3 Å². The molecule has 1 saturated heterocycles. The summed E-state index contributed by atoms with van der Waals surface area (Å²) in [5.74, 6) is 1.19. The van der Waals surface area contributed by atoms with Crippen molar-refractivity contribution >= 4 is 11.7 Å². The number of rotatable bonds is 6. The lowest BCUT2D eigenvalue weighted by atomic mass is 10.2. The Morgan fingerprint density at radius 3 is 2.96 bits per heavy atom. The Balaban J connectivity index is 1.61. The highest BCUT2D eigenvalue weighted by molar-refractivity contribution is 5.94. The number of anilines is 1. The van der Waals surface area contributed by atoms with Crippen LogP contribution >= 0.6 is 0 Å². The summed E-state index contributed by atoms with van der Waals surface area (Å²) in [5, 5.41) is 10.0. The molecule has 0 saturated carbocycles. The van der Waals surface area contributed by atoms with E-state index >= 15 is 0 Å². The van der Waals surface area contributed by atoms with E-state index in [1.54, 1.807) is 30.1 Å². The van der Waals surface area contributed by atoms with Crippen LogP contribution in [0.15, 0.2) is 30.7 Å². The number of aryl methyl sites for hydroxylation is 1. The minimum absolute atomic E-state index is 0.196. The molecule has 0 unspecified atom stereocenters. The highest BCUT2D eigenvalue weighted by atomic mass is 16.5. The number of pyridine rings is 1. The molecule has 2 aromatic heterocycles. The average molecular weight is 331 g/mol. The predicted molar refractivity (Wildman–Crippen MR) is 88.2 cm³/mol. The summed E-state index contributed by atoms with van der Waals surface area (Å²) in [6.45, 7) is 3.63. The van der Waals surface area contributed by atoms with E-state index in [2.05, 4.69) is 20.7 Å². The van der Waals surface area contributed by atoms with Crippen LogP contribution in [0.2, 0.25) is 0 Å². The first-order valence-corrected chi connectivity index (χ1v) is 7.91. The van der Waals surface area contributed by atoms with E-state index in [0.29, 0.717) is 30.3 Å². The highest BCUT2D eigenvalue weighted by Crippen LogP contribution is 2.17. The number of amides is 1. The molecule has 3 heterocycles. The standard InChI is InChI=1S/C16H21N5O3/c1-3-21-8-12(7-19-21)24-14-10-23-9-13(14)20-16(22)11-4-5-15(17-2)18-6-11/h4-8,13-14H,3,9-10H2,1-2H3,(H,17,18)(H,20,22)/t13-,14+/m0/s1. The summed E-state index contributed by atoms with van der Waals surface area (Å²) in [4.78, 5) is 16.5. The van der Waals surface area contributed by atoms with Crippen LogP contribution in [0.4, 0.5) is 5.82 Å². The van der Waals surface area contributed by atoms with Gasteiger partial charge in [-0.1, -0.05) is 0 Å². The molecule has 2 aromatic rings. The quantitative estimate of drug-likeness (QED) is 0.818. The molecule has 8 heteroatoms. The topological polar surface area (TPSA) is 90.3 Å². The van der Waals surface area contributed by atoms with Gasteiger partial charge in [0.15, 0.2) is 5.75 Å². The number of hydrogen-bond donors (Lipinski definition) is 2. The van der Waals surface area contributed by atoms with Crippen molar-refractivity contribution in [1.29, 1.82) is 0 Å². The Morgan fingerprint density at radius 2 is 2.29 bits per heavy atom. The number of ether oxygens (including phenoxy) is 2. The van der Waals surface area contributed by atoms with Crippen LogP contribution in [-0.4, -0.2) is 53.1 Å². The lowest BCUT2D eigenvalue weighted by molar-refractivity contribution is 0.0904. The summed E-state index contributed by atoms with van der Waals surface area (Å²) in [6, 6.07) is 3.27. The van der Waals surface area contributed by atoms with Crippen molar-refractivity contribution in [2.45, 2.75) is 25.6 Å². The maximum Gasteiger partial charge on any atom is 0.253 e. The van der Waals surface area contributed by atoms with Gasteiger partial charge in [0, 0.05) is 19.8 Å². The number of nitrogens with zero attached hydrogens (tertiary/aromatic N) is 3. The molecule has 128 valence electrons. The molecule has 24 heavy (non-hydrogen) atoms. The van der Waals surface area contributed by atoms with Crippen LogP contribution < -0.4 is 15.4 Å². The predicted octanol–water partition coefficient (Wildman–Crippen LogP) is 0.916. The zero-order valence-corrected chi connectivity index (χ0v) is 13.7. The third-order valence-electron chi connectivity index (χ3n) is 3.85. The van der Waals surface area contributed by atoms with Crippen molar-refractivity contribution in [3.8, 4) is 5.75 Å². The van der Waals surface area contributed by atoms with Crippen molar-refractivity contribution in [3.05, 3.63) is 36.3 Å². The van der Waals surface area contributed by atoms with E-state index in [0.717, 1.165) is 6.54 Å². The number of nitrogens with one attached hydrogen (secondary N) is 2. The van der Waals surface area contributed by atoms with Gasteiger partial charge in [0.2, 0.25) is 0 Å². The molecule has 1 aliphatic rings. The molecule has 2 atom stereocenters. The first-order chi connectivity index (χ1) is 11.7. The maximum atomic E-state index is 12.3. The van der Waals surface area contributed by atoms with E-state index in [4.69, 9.17) is 9.47 Å². The van der Waals surface area contributed by atoms with Gasteiger partial charge < -0.3 is 20.1 Å². The maximum absolute atomic E-state index is 12.3. The normalized spacial score (nSPS) is 19.9. The van der Waals surface area contributed by atoms with Gasteiger partial charge in [-0.3, -0.25) is 9.48 Å². The van der Waals surface area contributed by atoms with Gasteiger partial charge in [0.05, 0.1) is 37.2 Å². The molecule has 0 radical (unpaired) electrons. The second kappa shape index (κ2) is 7.31. The fraction of sp³-hybridized carbons (Fsp3) is 0.438. The number of hydrogen-bond acceptors (Lipinski definition) is 6. The Hall–Kier alpha value is -2.61. The van der Waals surface area contributed by atoms with E-state index in [1.807, 2.05) is 13.1 Å². The fourth-order valence-corrected chi connectivity index (χ4v) is 2.47. The Labute approximate surface area is 140 Å². The van der Waals surface area contributed by atoms with Crippen LogP contribution in [0, 0.1) is 0 Å². The van der Waals surface area contributed by atoms with Crippen LogP contribution in [0.5, 0.6) is 5.75 Å². The van der Waals surface area contributed by atoms with Gasteiger partial charge in [-0.2, -0.15) is 5.10 Å². The minimum atomic E-state index is -0.243. The van der Waals surface area contributed by atoms with Crippen molar-refractivity contribution in [2.24, 2.45) is 0 Å². The Kier molecular flexibility index (Phi) is 4.95. The molecular weight excluding hydrogens is 310 g/mol. The smallest absolute Gasteiger partial charge is 0.253 e. The van der Waals surface area contributed by atoms with Gasteiger partial charge in [0.1, 0.15) is 11.9 Å². The van der Waals surface area contributed by atoms with E-state index < -0.39 is 0 Å². The molecule has 8 nitrogen and oxygen atoms in total. The molecule has 2 N–H and O–H groups in total. The van der Waals surface area contributed by atoms with E-state index in [9.17, 15) is 4.79 Å². The highest BCUT2D eigenvalue weighted by Gasteiger charge is 2.32. The number of aromatic nitrogens is 3. The second-order valence-electron chi connectivity index (χ2n) is 5.49. The third-order valence-corrected chi connectivity index (χ3v) is 3.85. The summed E-state index contributed by atoms with van der Waals surface area (Å²) in [5.41, 5.74) is 0.499. The van der Waals surface area contributed by atoms with E-state index in [-0.39, 0.29) is 18.1 Å². The van der Waals surface area contributed by atoms with Crippen LogP contribution in [0.1, 0.15) is 17.3 Å². The molecule has 0 spiro atoms. The minimum Gasteiger partial charge on any atom is -0.482 e. The Morgan fingerprint density at radius 1 is 1.42 bits per heavy atom. The zero-order chi connectivity index (χ0) is 16.9. The molecule has 0 aliphatic carbocycles. The van der Waals surface area contributed by atoms with Gasteiger partial charge in [-0.15, -0.1) is 0 Å². The SMILES string of the molecule is CCn1cc(O[C@@H]2COC[C@@H]2NC(=O)c2ccc(NC)nc2)cn1. The number of carbonyl (C=O) groups excluding carboxylic acids is 1.